The topological polar surface area (TPSA) is 29.3 Å². The average molecular weight is 224 g/mol. The fourth-order valence-corrected chi connectivity index (χ4v) is 1.63. The van der Waals surface area contributed by atoms with Gasteiger partial charge in [0.1, 0.15) is 5.82 Å². The molecule has 0 fully saturated rings. The van der Waals surface area contributed by atoms with Gasteiger partial charge in [0, 0.05) is 30.4 Å². The zero-order chi connectivity index (χ0) is 12.3. The molecule has 0 aromatic heterocycles. The molecule has 0 aliphatic rings. The van der Waals surface area contributed by atoms with Crippen molar-refractivity contribution in [3.05, 3.63) is 29.6 Å². The Hall–Kier alpha value is -1.09. The molecule has 90 valence electrons. The Kier molecular flexibility index (Phi) is 3.92. The Morgan fingerprint density at radius 3 is 2.50 bits per heavy atom. The minimum atomic E-state index is -0.223. The molecule has 16 heavy (non-hydrogen) atoms. The Morgan fingerprint density at radius 1 is 1.38 bits per heavy atom. The second kappa shape index (κ2) is 4.83. The van der Waals surface area contributed by atoms with Gasteiger partial charge < -0.3 is 10.6 Å². The molecule has 0 aliphatic carbocycles. The molecule has 0 bridgehead atoms. The van der Waals surface area contributed by atoms with Crippen molar-refractivity contribution < 1.29 is 4.39 Å². The van der Waals surface area contributed by atoms with Gasteiger partial charge in [-0.25, -0.2) is 4.39 Å². The summed E-state index contributed by atoms with van der Waals surface area (Å²) in [6, 6.07) is 5.10. The molecule has 3 heteroatoms. The molecule has 0 saturated carbocycles. The summed E-state index contributed by atoms with van der Waals surface area (Å²) >= 11 is 0. The molecule has 1 aromatic carbocycles. The van der Waals surface area contributed by atoms with Crippen molar-refractivity contribution in [2.24, 2.45) is 5.73 Å². The van der Waals surface area contributed by atoms with E-state index >= 15 is 0 Å². The lowest BCUT2D eigenvalue weighted by molar-refractivity contribution is 0.468. The fraction of sp³-hybridized carbons (Fsp3) is 0.538. The average Bonchev–Trinajstić information content (AvgIpc) is 2.27. The molecule has 2 N–H and O–H groups in total. The molecule has 1 rings (SSSR count). The van der Waals surface area contributed by atoms with E-state index in [0.717, 1.165) is 12.1 Å². The molecule has 0 spiro atoms. The van der Waals surface area contributed by atoms with E-state index in [1.165, 1.54) is 6.07 Å². The molecular weight excluding hydrogens is 203 g/mol. The summed E-state index contributed by atoms with van der Waals surface area (Å²) in [5, 5.41) is 0. The van der Waals surface area contributed by atoms with Crippen LogP contribution >= 0.6 is 0 Å². The summed E-state index contributed by atoms with van der Waals surface area (Å²) in [5.74, 6) is -0.223. The zero-order valence-corrected chi connectivity index (χ0v) is 10.5. The quantitative estimate of drug-likeness (QED) is 0.852. The maximum absolute atomic E-state index is 13.6. The fourth-order valence-electron chi connectivity index (χ4n) is 1.63. The molecule has 0 saturated heterocycles. The lowest BCUT2D eigenvalue weighted by Gasteiger charge is -2.38. The summed E-state index contributed by atoms with van der Waals surface area (Å²) < 4.78 is 13.6. The molecular formula is C13H21FN2. The highest BCUT2D eigenvalue weighted by atomic mass is 19.1. The van der Waals surface area contributed by atoms with Gasteiger partial charge in [-0.05, 0) is 32.4 Å². The van der Waals surface area contributed by atoms with E-state index in [1.54, 1.807) is 6.07 Å². The first-order chi connectivity index (χ1) is 7.44. The largest absolute Gasteiger partial charge is 0.369 e. The number of rotatable bonds is 4. The Labute approximate surface area is 97.3 Å². The Morgan fingerprint density at radius 2 is 2.00 bits per heavy atom. The molecule has 2 nitrogen and oxygen atoms in total. The molecule has 0 heterocycles. The monoisotopic (exact) mass is 224 g/mol. The van der Waals surface area contributed by atoms with Gasteiger partial charge >= 0.3 is 0 Å². The van der Waals surface area contributed by atoms with Crippen molar-refractivity contribution in [2.75, 3.05) is 11.9 Å². The zero-order valence-electron chi connectivity index (χ0n) is 10.5. The van der Waals surface area contributed by atoms with Crippen LogP contribution in [0.1, 0.15) is 32.8 Å². The number of nitrogens with zero attached hydrogens (tertiary/aromatic N) is 1. The lowest BCUT2D eigenvalue weighted by atomic mass is 9.98. The third-order valence-electron chi connectivity index (χ3n) is 3.43. The minimum absolute atomic E-state index is 0.00227. The SMILES string of the molecule is CCC(C)(C)N(C)c1cccc(F)c1CN. The predicted octanol–water partition coefficient (Wildman–Crippen LogP) is 2.91. The van der Waals surface area contributed by atoms with Gasteiger partial charge in [-0.2, -0.15) is 0 Å². The van der Waals surface area contributed by atoms with Gasteiger partial charge in [-0.15, -0.1) is 0 Å². The predicted molar refractivity (Wildman–Crippen MR) is 67.1 cm³/mol. The molecule has 0 atom stereocenters. The lowest BCUT2D eigenvalue weighted by Crippen LogP contribution is -2.41. The van der Waals surface area contributed by atoms with Crippen molar-refractivity contribution in [2.45, 2.75) is 39.3 Å². The van der Waals surface area contributed by atoms with Crippen LogP contribution in [-0.2, 0) is 6.54 Å². The van der Waals surface area contributed by atoms with E-state index in [4.69, 9.17) is 5.73 Å². The van der Waals surface area contributed by atoms with Crippen LogP contribution in [0.4, 0.5) is 10.1 Å². The number of halogens is 1. The number of nitrogens with two attached hydrogens (primary N) is 1. The summed E-state index contributed by atoms with van der Waals surface area (Å²) in [4.78, 5) is 2.10. The summed E-state index contributed by atoms with van der Waals surface area (Å²) in [6.07, 6.45) is 0.990. The molecule has 0 amide bonds. The summed E-state index contributed by atoms with van der Waals surface area (Å²) in [6.45, 7) is 6.63. The summed E-state index contributed by atoms with van der Waals surface area (Å²) in [7, 11) is 1.98. The van der Waals surface area contributed by atoms with E-state index in [0.29, 0.717) is 5.56 Å². The highest BCUT2D eigenvalue weighted by molar-refractivity contribution is 5.55. The van der Waals surface area contributed by atoms with Gasteiger partial charge in [0.05, 0.1) is 0 Å². The Bertz CT molecular complexity index is 361. The van der Waals surface area contributed by atoms with Crippen LogP contribution in [-0.4, -0.2) is 12.6 Å². The minimum Gasteiger partial charge on any atom is -0.369 e. The van der Waals surface area contributed by atoms with Gasteiger partial charge in [0.2, 0.25) is 0 Å². The van der Waals surface area contributed by atoms with E-state index in [9.17, 15) is 4.39 Å². The van der Waals surface area contributed by atoms with Crippen molar-refractivity contribution >= 4 is 5.69 Å². The molecule has 0 unspecified atom stereocenters. The maximum Gasteiger partial charge on any atom is 0.129 e. The van der Waals surface area contributed by atoms with Crippen LogP contribution in [0.25, 0.3) is 0 Å². The van der Waals surface area contributed by atoms with Crippen LogP contribution in [0.15, 0.2) is 18.2 Å². The highest BCUT2D eigenvalue weighted by Gasteiger charge is 2.23. The van der Waals surface area contributed by atoms with E-state index in [-0.39, 0.29) is 17.9 Å². The van der Waals surface area contributed by atoms with E-state index < -0.39 is 0 Å². The smallest absolute Gasteiger partial charge is 0.129 e. The highest BCUT2D eigenvalue weighted by Crippen LogP contribution is 2.29. The van der Waals surface area contributed by atoms with Crippen molar-refractivity contribution in [1.29, 1.82) is 0 Å². The van der Waals surface area contributed by atoms with Crippen molar-refractivity contribution in [3.63, 3.8) is 0 Å². The third-order valence-corrected chi connectivity index (χ3v) is 3.43. The van der Waals surface area contributed by atoms with Gasteiger partial charge in [0.15, 0.2) is 0 Å². The van der Waals surface area contributed by atoms with Crippen LogP contribution in [0, 0.1) is 5.82 Å². The summed E-state index contributed by atoms with van der Waals surface area (Å²) in [5.41, 5.74) is 7.08. The van der Waals surface area contributed by atoms with E-state index in [1.807, 2.05) is 13.1 Å². The first kappa shape index (κ1) is 13.0. The number of benzene rings is 1. The molecule has 0 radical (unpaired) electrons. The first-order valence-corrected chi connectivity index (χ1v) is 5.65. The number of anilines is 1. The van der Waals surface area contributed by atoms with Crippen molar-refractivity contribution in [3.8, 4) is 0 Å². The maximum atomic E-state index is 13.6. The Balaban J connectivity index is 3.18. The van der Waals surface area contributed by atoms with Gasteiger partial charge in [0.25, 0.3) is 0 Å². The normalized spacial score (nSPS) is 11.6. The standard InChI is InChI=1S/C13H21FN2/c1-5-13(2,3)16(4)12-8-6-7-11(14)10(12)9-15/h6-8H,5,9,15H2,1-4H3. The van der Waals surface area contributed by atoms with Gasteiger partial charge in [-0.3, -0.25) is 0 Å². The van der Waals surface area contributed by atoms with Crippen molar-refractivity contribution in [1.82, 2.24) is 0 Å². The van der Waals surface area contributed by atoms with E-state index in [2.05, 4.69) is 25.7 Å². The second-order valence-corrected chi connectivity index (χ2v) is 4.67. The van der Waals surface area contributed by atoms with Crippen LogP contribution in [0.3, 0.4) is 0 Å². The first-order valence-electron chi connectivity index (χ1n) is 5.65. The molecule has 0 aliphatic heterocycles. The third kappa shape index (κ3) is 2.35. The van der Waals surface area contributed by atoms with Gasteiger partial charge in [-0.1, -0.05) is 13.0 Å². The van der Waals surface area contributed by atoms with Crippen LogP contribution in [0.5, 0.6) is 0 Å². The van der Waals surface area contributed by atoms with Crippen LogP contribution < -0.4 is 10.6 Å². The molecule has 1 aromatic rings. The van der Waals surface area contributed by atoms with Crippen LogP contribution in [0.2, 0.25) is 0 Å². The number of hydrogen-bond acceptors (Lipinski definition) is 2. The second-order valence-electron chi connectivity index (χ2n) is 4.67. The number of hydrogen-bond donors (Lipinski definition) is 1.